The van der Waals surface area contributed by atoms with Crippen LogP contribution in [0.1, 0.15) is 70.3 Å². The van der Waals surface area contributed by atoms with E-state index in [1.165, 1.54) is 42.9 Å². The van der Waals surface area contributed by atoms with E-state index in [0.717, 1.165) is 32.4 Å². The fraction of sp³-hybridized carbons (Fsp3) is 0.500. The molecule has 3 heterocycles. The van der Waals surface area contributed by atoms with Gasteiger partial charge in [0.15, 0.2) is 0 Å². The van der Waals surface area contributed by atoms with E-state index in [9.17, 15) is 8.78 Å². The van der Waals surface area contributed by atoms with Gasteiger partial charge in [-0.2, -0.15) is 8.78 Å². The van der Waals surface area contributed by atoms with Crippen LogP contribution in [0.25, 0.3) is 11.5 Å². The fourth-order valence-corrected chi connectivity index (χ4v) is 4.32. The van der Waals surface area contributed by atoms with Gasteiger partial charge in [-0.15, -0.1) is 10.2 Å². The first-order valence-corrected chi connectivity index (χ1v) is 11.7. The van der Waals surface area contributed by atoms with Crippen molar-refractivity contribution < 1.29 is 13.2 Å². The predicted octanol–water partition coefficient (Wildman–Crippen LogP) is 5.97. The van der Waals surface area contributed by atoms with Gasteiger partial charge in [-0.3, -0.25) is 0 Å². The topological polar surface area (TPSA) is 80.0 Å². The van der Waals surface area contributed by atoms with E-state index in [2.05, 4.69) is 54.6 Å². The van der Waals surface area contributed by atoms with Crippen molar-refractivity contribution in [2.45, 2.75) is 64.3 Å². The average molecular weight is 457 g/mol. The van der Waals surface area contributed by atoms with Crippen molar-refractivity contribution >= 4 is 11.6 Å². The molecule has 1 aliphatic carbocycles. The highest BCUT2D eigenvalue weighted by Gasteiger charge is 2.39. The molecule has 1 aromatic carbocycles. The van der Waals surface area contributed by atoms with Gasteiger partial charge in [-0.05, 0) is 56.2 Å². The molecular weight excluding hydrogens is 426 g/mol. The maximum Gasteiger partial charge on any atom is 0.314 e. The van der Waals surface area contributed by atoms with Crippen LogP contribution in [0.2, 0.25) is 0 Å². The molecule has 33 heavy (non-hydrogen) atoms. The third-order valence-corrected chi connectivity index (χ3v) is 6.23. The number of aromatic nitrogens is 4. The van der Waals surface area contributed by atoms with Gasteiger partial charge in [0.2, 0.25) is 5.95 Å². The molecule has 7 nitrogen and oxygen atoms in total. The van der Waals surface area contributed by atoms with Crippen LogP contribution in [-0.4, -0.2) is 33.3 Å². The van der Waals surface area contributed by atoms with Crippen molar-refractivity contribution in [3.8, 4) is 11.5 Å². The lowest BCUT2D eigenvalue weighted by atomic mass is 9.72. The lowest BCUT2D eigenvalue weighted by Gasteiger charge is -2.43. The molecule has 0 atom stereocenters. The van der Waals surface area contributed by atoms with Crippen molar-refractivity contribution in [1.29, 1.82) is 0 Å². The summed E-state index contributed by atoms with van der Waals surface area (Å²) in [6.07, 6.45) is 7.18. The Morgan fingerprint density at radius 1 is 0.939 bits per heavy atom. The van der Waals surface area contributed by atoms with E-state index in [-0.39, 0.29) is 11.4 Å². The maximum absolute atomic E-state index is 12.6. The molecule has 5 rings (SSSR count). The fourth-order valence-electron chi connectivity index (χ4n) is 4.32. The minimum atomic E-state index is -2.80. The van der Waals surface area contributed by atoms with E-state index in [1.807, 2.05) is 13.8 Å². The molecular formula is C24H30F2N6O. The average Bonchev–Trinajstić information content (AvgIpc) is 3.35. The molecule has 3 aromatic rings. The summed E-state index contributed by atoms with van der Waals surface area (Å²) < 4.78 is 30.2. The Hall–Kier alpha value is -3.10. The lowest BCUT2D eigenvalue weighted by molar-refractivity contribution is 0.116. The summed E-state index contributed by atoms with van der Waals surface area (Å²) in [6.45, 7) is 6.25. The zero-order valence-electron chi connectivity index (χ0n) is 19.1. The van der Waals surface area contributed by atoms with Gasteiger partial charge in [-0.1, -0.05) is 26.0 Å². The Bertz CT molecular complexity index is 1010. The van der Waals surface area contributed by atoms with Crippen molar-refractivity contribution in [2.24, 2.45) is 0 Å². The first-order valence-electron chi connectivity index (χ1n) is 11.7. The van der Waals surface area contributed by atoms with Crippen LogP contribution < -0.4 is 10.2 Å². The van der Waals surface area contributed by atoms with Gasteiger partial charge in [0.25, 0.3) is 11.8 Å². The second kappa shape index (κ2) is 10.2. The van der Waals surface area contributed by atoms with Crippen LogP contribution in [0.5, 0.6) is 0 Å². The number of hydrogen-bond acceptors (Lipinski definition) is 7. The van der Waals surface area contributed by atoms with Crippen LogP contribution in [-0.2, 0) is 5.54 Å². The summed E-state index contributed by atoms with van der Waals surface area (Å²) in [4.78, 5) is 11.1. The molecule has 0 bridgehead atoms. The Labute approximate surface area is 192 Å². The number of piperidine rings is 1. The van der Waals surface area contributed by atoms with Gasteiger partial charge >= 0.3 is 6.43 Å². The number of benzene rings is 1. The van der Waals surface area contributed by atoms with E-state index in [1.54, 1.807) is 0 Å². The molecule has 1 N–H and O–H groups in total. The molecule has 9 heteroatoms. The van der Waals surface area contributed by atoms with E-state index >= 15 is 0 Å². The lowest BCUT2D eigenvalue weighted by Crippen LogP contribution is -2.42. The molecule has 2 fully saturated rings. The predicted molar refractivity (Wildman–Crippen MR) is 123 cm³/mol. The molecule has 2 aromatic heterocycles. The summed E-state index contributed by atoms with van der Waals surface area (Å²) in [5, 5.41) is 10.5. The number of hydrogen-bond donors (Lipinski definition) is 1. The second-order valence-corrected chi connectivity index (χ2v) is 8.20. The number of rotatable bonds is 6. The van der Waals surface area contributed by atoms with Gasteiger partial charge in [0, 0.05) is 31.2 Å². The number of alkyl halides is 2. The highest BCUT2D eigenvalue weighted by molar-refractivity contribution is 5.53. The van der Waals surface area contributed by atoms with E-state index < -0.39 is 12.3 Å². The standard InChI is InChI=1S/C22H24F2N6O.C2H6/c23-18(24)20-29-28-19(31-20)15-13-25-21(26-14-15)27-22(9-4-10-22)16-5-7-17(8-6-16)30-11-2-1-3-12-30;1-2/h5-8,13-14,18H,1-4,9-12H2,(H,25,26,27);1-2H3. The Kier molecular flexibility index (Phi) is 7.15. The molecule has 0 radical (unpaired) electrons. The number of anilines is 2. The maximum atomic E-state index is 12.6. The Morgan fingerprint density at radius 3 is 2.15 bits per heavy atom. The molecule has 1 saturated heterocycles. The summed E-state index contributed by atoms with van der Waals surface area (Å²) in [5.41, 5.74) is 2.72. The van der Waals surface area contributed by atoms with Crippen LogP contribution in [0.4, 0.5) is 20.4 Å². The molecule has 0 spiro atoms. The molecule has 0 amide bonds. The van der Waals surface area contributed by atoms with Crippen molar-refractivity contribution in [1.82, 2.24) is 20.2 Å². The van der Waals surface area contributed by atoms with E-state index in [4.69, 9.17) is 4.42 Å². The van der Waals surface area contributed by atoms with Gasteiger partial charge in [0.05, 0.1) is 11.1 Å². The second-order valence-electron chi connectivity index (χ2n) is 8.20. The highest BCUT2D eigenvalue weighted by atomic mass is 19.3. The van der Waals surface area contributed by atoms with Crippen molar-refractivity contribution in [2.75, 3.05) is 23.3 Å². The largest absolute Gasteiger partial charge is 0.415 e. The number of nitrogens with zero attached hydrogens (tertiary/aromatic N) is 5. The summed E-state index contributed by atoms with van der Waals surface area (Å²) in [6, 6.07) is 8.83. The molecule has 2 aliphatic rings. The minimum absolute atomic E-state index is 0.0199. The van der Waals surface area contributed by atoms with Crippen LogP contribution in [0.15, 0.2) is 41.1 Å². The summed E-state index contributed by atoms with van der Waals surface area (Å²) in [7, 11) is 0. The summed E-state index contributed by atoms with van der Waals surface area (Å²) >= 11 is 0. The SMILES string of the molecule is CC.FC(F)c1nnc(-c2cnc(NC3(c4ccc(N5CCCCC5)cc4)CCC3)nc2)o1. The number of halogens is 2. The molecule has 176 valence electrons. The summed E-state index contributed by atoms with van der Waals surface area (Å²) in [5.74, 6) is -0.246. The van der Waals surface area contributed by atoms with Crippen LogP contribution >= 0.6 is 0 Å². The minimum Gasteiger partial charge on any atom is -0.415 e. The quantitative estimate of drug-likeness (QED) is 0.489. The van der Waals surface area contributed by atoms with Gasteiger partial charge in [-0.25, -0.2) is 9.97 Å². The van der Waals surface area contributed by atoms with Crippen LogP contribution in [0.3, 0.4) is 0 Å². The van der Waals surface area contributed by atoms with Crippen molar-refractivity contribution in [3.63, 3.8) is 0 Å². The zero-order valence-corrected chi connectivity index (χ0v) is 19.1. The third kappa shape index (κ3) is 4.96. The number of nitrogens with one attached hydrogen (secondary N) is 1. The smallest absolute Gasteiger partial charge is 0.314 e. The molecule has 1 saturated carbocycles. The Morgan fingerprint density at radius 2 is 1.61 bits per heavy atom. The van der Waals surface area contributed by atoms with Crippen LogP contribution in [0, 0.1) is 0 Å². The molecule has 1 aliphatic heterocycles. The van der Waals surface area contributed by atoms with E-state index in [0.29, 0.717) is 11.5 Å². The normalized spacial score (nSPS) is 17.2. The molecule has 0 unspecified atom stereocenters. The van der Waals surface area contributed by atoms with Gasteiger partial charge in [0.1, 0.15) is 0 Å². The zero-order chi connectivity index (χ0) is 23.3. The first kappa shape index (κ1) is 23.1. The Balaban J connectivity index is 0.00000126. The van der Waals surface area contributed by atoms with Gasteiger partial charge < -0.3 is 14.6 Å². The highest BCUT2D eigenvalue weighted by Crippen LogP contribution is 2.44. The van der Waals surface area contributed by atoms with Crippen molar-refractivity contribution in [3.05, 3.63) is 48.1 Å². The third-order valence-electron chi connectivity index (χ3n) is 6.23. The monoisotopic (exact) mass is 456 g/mol. The first-order chi connectivity index (χ1) is 16.1.